The van der Waals surface area contributed by atoms with Crippen LogP contribution in [0.3, 0.4) is 0 Å². The molecule has 0 saturated heterocycles. The maximum atomic E-state index is 14.6. The average Bonchev–Trinajstić information content (AvgIpc) is 2.81. The molecule has 0 aliphatic heterocycles. The van der Waals surface area contributed by atoms with Crippen LogP contribution in [0.2, 0.25) is 10.0 Å². The molecule has 12 heteroatoms. The van der Waals surface area contributed by atoms with Crippen LogP contribution in [0.15, 0.2) is 77.9 Å². The normalized spacial score (nSPS) is 11.5. The fraction of sp³-hybridized carbons (Fsp3) is 0.0417. The monoisotopic (exact) mass is 535 g/mol. The van der Waals surface area contributed by atoms with Crippen LogP contribution in [0.25, 0.3) is 11.3 Å². The van der Waals surface area contributed by atoms with Crippen molar-refractivity contribution in [3.05, 3.63) is 94.2 Å². The van der Waals surface area contributed by atoms with E-state index in [2.05, 4.69) is 30.5 Å². The quantitative estimate of drug-likeness (QED) is 0.144. The van der Waals surface area contributed by atoms with Gasteiger partial charge in [0.25, 0.3) is 0 Å². The highest BCUT2D eigenvalue weighted by molar-refractivity contribution is 6.33. The largest absolute Gasteiger partial charge is 0.573 e. The Balaban J connectivity index is 1.60. The van der Waals surface area contributed by atoms with Gasteiger partial charge in [-0.2, -0.15) is 10.1 Å². The van der Waals surface area contributed by atoms with Gasteiger partial charge >= 0.3 is 6.36 Å². The molecule has 3 aromatic carbocycles. The molecule has 0 saturated carbocycles. The maximum Gasteiger partial charge on any atom is 0.573 e. The number of alkyl halides is 3. The molecule has 4 aromatic rings. The minimum atomic E-state index is -4.78. The van der Waals surface area contributed by atoms with Crippen molar-refractivity contribution in [3.63, 3.8) is 0 Å². The summed E-state index contributed by atoms with van der Waals surface area (Å²) in [6, 6.07) is 17.7. The summed E-state index contributed by atoms with van der Waals surface area (Å²) in [5, 5.41) is 7.81. The summed E-state index contributed by atoms with van der Waals surface area (Å²) in [7, 11) is 0. The zero-order valence-corrected chi connectivity index (χ0v) is 19.5. The van der Waals surface area contributed by atoms with Crippen molar-refractivity contribution >= 4 is 46.9 Å². The summed E-state index contributed by atoms with van der Waals surface area (Å²) in [5.74, 6) is -0.609. The number of hydrogen-bond donors (Lipinski definition) is 2. The molecular weight excluding hydrogens is 521 g/mol. The van der Waals surface area contributed by atoms with Crippen molar-refractivity contribution in [2.75, 3.05) is 10.7 Å². The highest BCUT2D eigenvalue weighted by Gasteiger charge is 2.30. The lowest BCUT2D eigenvalue weighted by Gasteiger charge is -2.11. The predicted molar refractivity (Wildman–Crippen MR) is 132 cm³/mol. The van der Waals surface area contributed by atoms with Crippen LogP contribution in [0.5, 0.6) is 5.75 Å². The first-order valence-electron chi connectivity index (χ1n) is 10.2. The van der Waals surface area contributed by atoms with Gasteiger partial charge in [-0.3, -0.25) is 0 Å². The van der Waals surface area contributed by atoms with Crippen LogP contribution in [0.1, 0.15) is 5.56 Å². The second-order valence-corrected chi connectivity index (χ2v) is 8.02. The van der Waals surface area contributed by atoms with Crippen LogP contribution in [-0.2, 0) is 0 Å². The van der Waals surface area contributed by atoms with Gasteiger partial charge in [0.05, 0.1) is 22.5 Å². The van der Waals surface area contributed by atoms with Crippen LogP contribution >= 0.6 is 23.2 Å². The van der Waals surface area contributed by atoms with Gasteiger partial charge in [-0.15, -0.1) is 13.2 Å². The first kappa shape index (κ1) is 25.2. The van der Waals surface area contributed by atoms with Crippen molar-refractivity contribution < 1.29 is 22.3 Å². The average molecular weight is 536 g/mol. The molecule has 1 heterocycles. The van der Waals surface area contributed by atoms with Gasteiger partial charge in [0, 0.05) is 16.8 Å². The number of halogens is 6. The van der Waals surface area contributed by atoms with E-state index in [0.29, 0.717) is 22.1 Å². The predicted octanol–water partition coefficient (Wildman–Crippen LogP) is 7.68. The first-order chi connectivity index (χ1) is 17.2. The molecule has 6 nitrogen and oxygen atoms in total. The number of nitrogens with one attached hydrogen (secondary N) is 2. The minimum Gasteiger partial charge on any atom is -0.406 e. The summed E-state index contributed by atoms with van der Waals surface area (Å²) in [6.07, 6.45) is -3.44. The molecule has 2 N–H and O–H groups in total. The molecule has 0 aliphatic carbocycles. The van der Waals surface area contributed by atoms with Gasteiger partial charge in [0.1, 0.15) is 17.4 Å². The lowest BCUT2D eigenvalue weighted by Crippen LogP contribution is -2.17. The smallest absolute Gasteiger partial charge is 0.406 e. The van der Waals surface area contributed by atoms with Crippen molar-refractivity contribution in [3.8, 4) is 17.0 Å². The third-order valence-corrected chi connectivity index (χ3v) is 5.12. The lowest BCUT2D eigenvalue weighted by atomic mass is 10.1. The van der Waals surface area contributed by atoms with Crippen molar-refractivity contribution in [2.45, 2.75) is 6.36 Å². The summed E-state index contributed by atoms with van der Waals surface area (Å²) in [6.45, 7) is 0. The van der Waals surface area contributed by atoms with Crippen molar-refractivity contribution in [2.24, 2.45) is 5.10 Å². The number of anilines is 3. The minimum absolute atomic E-state index is 0.0107. The number of rotatable bonds is 7. The molecule has 36 heavy (non-hydrogen) atoms. The fourth-order valence-corrected chi connectivity index (χ4v) is 3.42. The molecule has 0 atom stereocenters. The van der Waals surface area contributed by atoms with E-state index in [4.69, 9.17) is 23.2 Å². The Labute approximate surface area is 212 Å². The zero-order chi connectivity index (χ0) is 25.7. The Morgan fingerprint density at radius 3 is 2.31 bits per heavy atom. The molecule has 1 aromatic heterocycles. The van der Waals surface area contributed by atoms with Crippen LogP contribution in [-0.4, -0.2) is 22.5 Å². The Hall–Kier alpha value is -3.89. The summed E-state index contributed by atoms with van der Waals surface area (Å²) < 4.78 is 55.3. The molecule has 4 rings (SSSR count). The van der Waals surface area contributed by atoms with Gasteiger partial charge in [-0.05, 0) is 66.2 Å². The lowest BCUT2D eigenvalue weighted by molar-refractivity contribution is -0.274. The number of aromatic nitrogens is 2. The molecule has 184 valence electrons. The van der Waals surface area contributed by atoms with Gasteiger partial charge in [0.15, 0.2) is 0 Å². The highest BCUT2D eigenvalue weighted by Crippen LogP contribution is 2.32. The SMILES string of the molecule is Fc1cccc(Cl)c1-c1cc(Nc2ccc(Cl)cc2)nc(N/N=C\c2ccc(OC(F)(F)F)cc2)n1. The number of nitrogens with zero attached hydrogens (tertiary/aromatic N) is 3. The number of hydrazone groups is 1. The molecule has 0 bridgehead atoms. The third-order valence-electron chi connectivity index (χ3n) is 4.55. The molecule has 0 spiro atoms. The zero-order valence-electron chi connectivity index (χ0n) is 18.0. The molecular formula is C24H15Cl2F4N5O. The van der Waals surface area contributed by atoms with E-state index < -0.39 is 12.2 Å². The van der Waals surface area contributed by atoms with Crippen molar-refractivity contribution in [1.29, 1.82) is 0 Å². The molecule has 0 radical (unpaired) electrons. The summed E-state index contributed by atoms with van der Waals surface area (Å²) in [4.78, 5) is 8.63. The van der Waals surface area contributed by atoms with E-state index in [0.717, 1.165) is 12.1 Å². The van der Waals surface area contributed by atoms with Crippen LogP contribution in [0.4, 0.5) is 35.0 Å². The topological polar surface area (TPSA) is 71.4 Å². The number of hydrogen-bond acceptors (Lipinski definition) is 6. The summed E-state index contributed by atoms with van der Waals surface area (Å²) in [5.41, 5.74) is 4.05. The summed E-state index contributed by atoms with van der Waals surface area (Å²) >= 11 is 12.1. The van der Waals surface area contributed by atoms with Gasteiger partial charge in [-0.25, -0.2) is 14.8 Å². The van der Waals surface area contributed by atoms with Crippen LogP contribution in [0, 0.1) is 5.82 Å². The van der Waals surface area contributed by atoms with E-state index in [-0.39, 0.29) is 28.0 Å². The number of benzene rings is 3. The molecule has 0 fully saturated rings. The Bertz CT molecular complexity index is 1360. The van der Waals surface area contributed by atoms with Crippen molar-refractivity contribution in [1.82, 2.24) is 9.97 Å². The first-order valence-corrected chi connectivity index (χ1v) is 10.9. The van der Waals surface area contributed by atoms with E-state index in [1.807, 2.05) is 0 Å². The van der Waals surface area contributed by atoms with E-state index in [1.54, 1.807) is 24.3 Å². The Kier molecular flexibility index (Phi) is 7.56. The van der Waals surface area contributed by atoms with Gasteiger partial charge in [-0.1, -0.05) is 29.3 Å². The Morgan fingerprint density at radius 2 is 1.64 bits per heavy atom. The number of ether oxygens (including phenoxy) is 1. The third kappa shape index (κ3) is 6.83. The van der Waals surface area contributed by atoms with Gasteiger partial charge in [0.2, 0.25) is 5.95 Å². The van der Waals surface area contributed by atoms with E-state index in [1.165, 1.54) is 42.6 Å². The second kappa shape index (κ2) is 10.8. The maximum absolute atomic E-state index is 14.6. The van der Waals surface area contributed by atoms with E-state index in [9.17, 15) is 17.6 Å². The highest BCUT2D eigenvalue weighted by atomic mass is 35.5. The second-order valence-electron chi connectivity index (χ2n) is 7.18. The fourth-order valence-electron chi connectivity index (χ4n) is 3.03. The molecule has 0 unspecified atom stereocenters. The van der Waals surface area contributed by atoms with Gasteiger partial charge < -0.3 is 10.1 Å². The molecule has 0 aliphatic rings. The van der Waals surface area contributed by atoms with Crippen LogP contribution < -0.4 is 15.5 Å². The molecule has 0 amide bonds. The standard InChI is InChI=1S/C24H15Cl2F4N5O/c25-15-6-8-16(9-7-15)32-21-12-20(22-18(26)2-1-3-19(22)27)33-23(34-21)35-31-13-14-4-10-17(11-5-14)36-24(28,29)30/h1-13H,(H2,32,33,34,35)/b31-13-. The Morgan fingerprint density at radius 1 is 0.917 bits per heavy atom. The van der Waals surface area contributed by atoms with E-state index >= 15 is 0 Å².